The molecule has 0 aromatic heterocycles. The van der Waals surface area contributed by atoms with E-state index in [1.807, 2.05) is 18.2 Å². The van der Waals surface area contributed by atoms with Gasteiger partial charge in [0.05, 0.1) is 0 Å². The summed E-state index contributed by atoms with van der Waals surface area (Å²) in [5.41, 5.74) is 11.2. The molecule has 0 fully saturated rings. The van der Waals surface area contributed by atoms with Crippen LogP contribution in [0, 0.1) is 17.4 Å². The number of hydrogen-bond acceptors (Lipinski definition) is 2. The molecule has 0 spiro atoms. The molecule has 0 saturated carbocycles. The van der Waals surface area contributed by atoms with E-state index in [0.29, 0.717) is 0 Å². The van der Waals surface area contributed by atoms with Crippen LogP contribution in [0.15, 0.2) is 36.4 Å². The van der Waals surface area contributed by atoms with Crippen LogP contribution in [0.4, 0.5) is 17.1 Å². The van der Waals surface area contributed by atoms with Crippen molar-refractivity contribution in [2.75, 3.05) is 11.1 Å². The number of halogens is 1. The van der Waals surface area contributed by atoms with Gasteiger partial charge in [-0.1, -0.05) is 6.07 Å². The molecule has 0 radical (unpaired) electrons. The topological polar surface area (TPSA) is 38.0 Å². The molecule has 17 heavy (non-hydrogen) atoms. The highest BCUT2D eigenvalue weighted by Crippen LogP contribution is 2.24. The average molecular weight is 338 g/mol. The third kappa shape index (κ3) is 2.91. The van der Waals surface area contributed by atoms with Crippen molar-refractivity contribution in [3.8, 4) is 0 Å². The third-order valence-corrected chi connectivity index (χ3v) is 3.86. The van der Waals surface area contributed by atoms with E-state index in [2.05, 4.69) is 60.0 Å². The lowest BCUT2D eigenvalue weighted by atomic mass is 10.1. The summed E-state index contributed by atoms with van der Waals surface area (Å²) in [6.45, 7) is 4.16. The van der Waals surface area contributed by atoms with E-state index in [4.69, 9.17) is 5.73 Å². The first kappa shape index (κ1) is 12.2. The minimum atomic E-state index is 0.798. The molecule has 0 amide bonds. The molecule has 3 heteroatoms. The van der Waals surface area contributed by atoms with Crippen molar-refractivity contribution in [2.24, 2.45) is 0 Å². The zero-order chi connectivity index (χ0) is 12.4. The SMILES string of the molecule is Cc1ccc(Nc2ccc(N)cc2C)cc1I. The Morgan fingerprint density at radius 3 is 2.41 bits per heavy atom. The van der Waals surface area contributed by atoms with Crippen LogP contribution in [0.5, 0.6) is 0 Å². The molecule has 2 aromatic carbocycles. The minimum Gasteiger partial charge on any atom is -0.399 e. The highest BCUT2D eigenvalue weighted by atomic mass is 127. The van der Waals surface area contributed by atoms with E-state index < -0.39 is 0 Å². The first-order valence-corrected chi connectivity index (χ1v) is 6.53. The van der Waals surface area contributed by atoms with Gasteiger partial charge in [-0.15, -0.1) is 0 Å². The number of nitrogens with one attached hydrogen (secondary N) is 1. The van der Waals surface area contributed by atoms with E-state index >= 15 is 0 Å². The molecule has 0 heterocycles. The van der Waals surface area contributed by atoms with E-state index in [1.54, 1.807) is 0 Å². The molecule has 88 valence electrons. The Bertz CT molecular complexity index is 550. The van der Waals surface area contributed by atoms with Crippen LogP contribution < -0.4 is 11.1 Å². The Hall–Kier alpha value is -1.23. The first-order chi connectivity index (χ1) is 8.06. The third-order valence-electron chi connectivity index (χ3n) is 2.70. The number of benzene rings is 2. The Balaban J connectivity index is 2.28. The molecule has 0 bridgehead atoms. The van der Waals surface area contributed by atoms with Crippen molar-refractivity contribution in [2.45, 2.75) is 13.8 Å². The summed E-state index contributed by atoms with van der Waals surface area (Å²) in [6.07, 6.45) is 0. The molecule has 0 atom stereocenters. The van der Waals surface area contributed by atoms with Crippen molar-refractivity contribution < 1.29 is 0 Å². The second-order valence-corrected chi connectivity index (χ2v) is 5.33. The highest BCUT2D eigenvalue weighted by Gasteiger charge is 2.01. The minimum absolute atomic E-state index is 0.798. The van der Waals surface area contributed by atoms with Crippen molar-refractivity contribution in [3.05, 3.63) is 51.1 Å². The summed E-state index contributed by atoms with van der Waals surface area (Å²) in [5.74, 6) is 0. The predicted molar refractivity (Wildman–Crippen MR) is 82.8 cm³/mol. The highest BCUT2D eigenvalue weighted by molar-refractivity contribution is 14.1. The number of rotatable bonds is 2. The van der Waals surface area contributed by atoms with E-state index in [9.17, 15) is 0 Å². The fraction of sp³-hybridized carbons (Fsp3) is 0.143. The monoisotopic (exact) mass is 338 g/mol. The smallest absolute Gasteiger partial charge is 0.0415 e. The Labute approximate surface area is 115 Å². The van der Waals surface area contributed by atoms with Gasteiger partial charge in [0.25, 0.3) is 0 Å². The van der Waals surface area contributed by atoms with Gasteiger partial charge >= 0.3 is 0 Å². The summed E-state index contributed by atoms with van der Waals surface area (Å²) in [7, 11) is 0. The average Bonchev–Trinajstić information content (AvgIpc) is 2.27. The molecule has 0 aliphatic carbocycles. The van der Waals surface area contributed by atoms with Gasteiger partial charge in [0.15, 0.2) is 0 Å². The quantitative estimate of drug-likeness (QED) is 0.635. The molecule has 2 nitrogen and oxygen atoms in total. The van der Waals surface area contributed by atoms with Gasteiger partial charge < -0.3 is 11.1 Å². The van der Waals surface area contributed by atoms with Crippen LogP contribution in [0.3, 0.4) is 0 Å². The molecular formula is C14H15IN2. The fourth-order valence-corrected chi connectivity index (χ4v) is 2.17. The maximum Gasteiger partial charge on any atom is 0.0415 e. The Kier molecular flexibility index (Phi) is 3.57. The normalized spacial score (nSPS) is 10.3. The standard InChI is InChI=1S/C14H15IN2/c1-9-3-5-12(8-13(9)15)17-14-6-4-11(16)7-10(14)2/h3-8,17H,16H2,1-2H3. The fourth-order valence-electron chi connectivity index (χ4n) is 1.65. The lowest BCUT2D eigenvalue weighted by Gasteiger charge is -2.11. The lowest BCUT2D eigenvalue weighted by molar-refractivity contribution is 1.39. The maximum absolute atomic E-state index is 5.74. The molecule has 2 aromatic rings. The second kappa shape index (κ2) is 4.96. The Morgan fingerprint density at radius 2 is 1.76 bits per heavy atom. The molecule has 0 aliphatic rings. The zero-order valence-electron chi connectivity index (χ0n) is 9.92. The number of hydrogen-bond donors (Lipinski definition) is 2. The molecule has 3 N–H and O–H groups in total. The maximum atomic E-state index is 5.74. The van der Waals surface area contributed by atoms with Crippen LogP contribution in [0.25, 0.3) is 0 Å². The number of aryl methyl sites for hydroxylation is 2. The summed E-state index contributed by atoms with van der Waals surface area (Å²) < 4.78 is 1.26. The van der Waals surface area contributed by atoms with E-state index in [1.165, 1.54) is 9.13 Å². The van der Waals surface area contributed by atoms with Gasteiger partial charge in [0.2, 0.25) is 0 Å². The van der Waals surface area contributed by atoms with Crippen molar-refractivity contribution in [1.29, 1.82) is 0 Å². The summed E-state index contributed by atoms with van der Waals surface area (Å²) in [6, 6.07) is 12.3. The van der Waals surface area contributed by atoms with Crippen molar-refractivity contribution in [3.63, 3.8) is 0 Å². The van der Waals surface area contributed by atoms with Crippen LogP contribution in [0.2, 0.25) is 0 Å². The predicted octanol–water partition coefficient (Wildman–Crippen LogP) is 4.23. The van der Waals surface area contributed by atoms with Crippen molar-refractivity contribution in [1.82, 2.24) is 0 Å². The van der Waals surface area contributed by atoms with Crippen LogP contribution in [0.1, 0.15) is 11.1 Å². The lowest BCUT2D eigenvalue weighted by Crippen LogP contribution is -1.95. The van der Waals surface area contributed by atoms with Crippen LogP contribution >= 0.6 is 22.6 Å². The summed E-state index contributed by atoms with van der Waals surface area (Å²) in [5, 5.41) is 3.41. The van der Waals surface area contributed by atoms with Gasteiger partial charge in [-0.2, -0.15) is 0 Å². The second-order valence-electron chi connectivity index (χ2n) is 4.16. The first-order valence-electron chi connectivity index (χ1n) is 5.45. The Morgan fingerprint density at radius 1 is 1.00 bits per heavy atom. The molecular weight excluding hydrogens is 323 g/mol. The van der Waals surface area contributed by atoms with Crippen molar-refractivity contribution >= 4 is 39.7 Å². The molecule has 0 unspecified atom stereocenters. The zero-order valence-corrected chi connectivity index (χ0v) is 12.1. The largest absolute Gasteiger partial charge is 0.399 e. The number of nitrogen functional groups attached to an aromatic ring is 1. The molecule has 0 aliphatic heterocycles. The van der Waals surface area contributed by atoms with Crippen LogP contribution in [-0.2, 0) is 0 Å². The summed E-state index contributed by atoms with van der Waals surface area (Å²) >= 11 is 2.35. The summed E-state index contributed by atoms with van der Waals surface area (Å²) in [4.78, 5) is 0. The number of nitrogens with two attached hydrogens (primary N) is 1. The van der Waals surface area contributed by atoms with Gasteiger partial charge in [0, 0.05) is 20.6 Å². The van der Waals surface area contributed by atoms with E-state index in [0.717, 1.165) is 22.6 Å². The molecule has 2 rings (SSSR count). The van der Waals surface area contributed by atoms with Gasteiger partial charge in [-0.05, 0) is 77.9 Å². The number of anilines is 3. The van der Waals surface area contributed by atoms with Gasteiger partial charge in [0.1, 0.15) is 0 Å². The van der Waals surface area contributed by atoms with E-state index in [-0.39, 0.29) is 0 Å². The van der Waals surface area contributed by atoms with Gasteiger partial charge in [-0.3, -0.25) is 0 Å². The molecule has 0 saturated heterocycles. The van der Waals surface area contributed by atoms with Gasteiger partial charge in [-0.25, -0.2) is 0 Å². The van der Waals surface area contributed by atoms with Crippen LogP contribution in [-0.4, -0.2) is 0 Å².